The summed E-state index contributed by atoms with van der Waals surface area (Å²) in [6.45, 7) is 3.14. The van der Waals surface area contributed by atoms with Crippen LogP contribution in [0.1, 0.15) is 24.9 Å². The van der Waals surface area contributed by atoms with Crippen LogP contribution in [-0.4, -0.2) is 18.6 Å². The van der Waals surface area contributed by atoms with E-state index in [-0.39, 0.29) is 22.7 Å². The van der Waals surface area contributed by atoms with Gasteiger partial charge in [0.15, 0.2) is 0 Å². The van der Waals surface area contributed by atoms with Gasteiger partial charge in [-0.05, 0) is 49.3 Å². The van der Waals surface area contributed by atoms with E-state index in [4.69, 9.17) is 5.73 Å². The fourth-order valence-electron chi connectivity index (χ4n) is 1.75. The van der Waals surface area contributed by atoms with Crippen molar-refractivity contribution >= 4 is 11.8 Å². The van der Waals surface area contributed by atoms with E-state index in [0.717, 1.165) is 18.5 Å². The first-order valence-corrected chi connectivity index (χ1v) is 7.18. The van der Waals surface area contributed by atoms with E-state index in [1.807, 2.05) is 19.1 Å². The van der Waals surface area contributed by atoms with Crippen LogP contribution in [0.25, 0.3) is 0 Å². The Morgan fingerprint density at radius 3 is 2.45 bits per heavy atom. The van der Waals surface area contributed by atoms with Crippen molar-refractivity contribution in [1.82, 2.24) is 5.32 Å². The van der Waals surface area contributed by atoms with Crippen LogP contribution in [0.3, 0.4) is 0 Å². The van der Waals surface area contributed by atoms with E-state index in [0.29, 0.717) is 6.54 Å². The molecule has 0 saturated carbocycles. The molecule has 1 unspecified atom stereocenters. The predicted molar refractivity (Wildman–Crippen MR) is 77.6 cm³/mol. The smallest absolute Gasteiger partial charge is 0.329 e. The first-order valence-electron chi connectivity index (χ1n) is 6.36. The molecule has 1 aromatic rings. The molecule has 0 spiro atoms. The molecule has 20 heavy (non-hydrogen) atoms. The zero-order valence-corrected chi connectivity index (χ0v) is 12.1. The molecule has 0 bridgehead atoms. The molecular formula is C14H19F3N2S. The third kappa shape index (κ3) is 6.45. The maximum atomic E-state index is 12.2. The topological polar surface area (TPSA) is 38.0 Å². The number of alkyl halides is 3. The SMILES string of the molecule is C/C=C/CCNC(CN)c1ccc(SC(F)(F)F)cc1. The number of hydrogen-bond acceptors (Lipinski definition) is 3. The van der Waals surface area contributed by atoms with Crippen LogP contribution in [0.4, 0.5) is 13.2 Å². The minimum atomic E-state index is -4.25. The largest absolute Gasteiger partial charge is 0.446 e. The Labute approximate surface area is 121 Å². The lowest BCUT2D eigenvalue weighted by molar-refractivity contribution is -0.0328. The minimum absolute atomic E-state index is 0.0369. The highest BCUT2D eigenvalue weighted by Crippen LogP contribution is 2.36. The molecule has 1 aromatic carbocycles. The summed E-state index contributed by atoms with van der Waals surface area (Å²) in [6, 6.07) is 6.29. The quantitative estimate of drug-likeness (QED) is 0.456. The van der Waals surface area contributed by atoms with Crippen LogP contribution < -0.4 is 11.1 Å². The van der Waals surface area contributed by atoms with Crippen molar-refractivity contribution in [2.45, 2.75) is 29.8 Å². The lowest BCUT2D eigenvalue weighted by atomic mass is 10.1. The van der Waals surface area contributed by atoms with Crippen LogP contribution in [0, 0.1) is 0 Å². The van der Waals surface area contributed by atoms with Gasteiger partial charge in [-0.25, -0.2) is 0 Å². The van der Waals surface area contributed by atoms with Gasteiger partial charge in [-0.2, -0.15) is 13.2 Å². The highest BCUT2D eigenvalue weighted by molar-refractivity contribution is 8.00. The van der Waals surface area contributed by atoms with Crippen molar-refractivity contribution < 1.29 is 13.2 Å². The Bertz CT molecular complexity index is 415. The normalized spacial score (nSPS) is 13.8. The Balaban J connectivity index is 2.60. The average Bonchev–Trinajstić information content (AvgIpc) is 2.38. The molecule has 0 heterocycles. The molecule has 0 radical (unpaired) electrons. The fraction of sp³-hybridized carbons (Fsp3) is 0.429. The van der Waals surface area contributed by atoms with Gasteiger partial charge >= 0.3 is 5.51 Å². The molecule has 0 aliphatic heterocycles. The van der Waals surface area contributed by atoms with E-state index in [9.17, 15) is 13.2 Å². The first kappa shape index (κ1) is 17.1. The number of thioether (sulfide) groups is 1. The summed E-state index contributed by atoms with van der Waals surface area (Å²) in [5.74, 6) is 0. The summed E-state index contributed by atoms with van der Waals surface area (Å²) in [7, 11) is 0. The van der Waals surface area contributed by atoms with Gasteiger partial charge in [-0.1, -0.05) is 24.3 Å². The van der Waals surface area contributed by atoms with Crippen molar-refractivity contribution in [1.29, 1.82) is 0 Å². The van der Waals surface area contributed by atoms with Gasteiger partial charge < -0.3 is 11.1 Å². The molecule has 3 N–H and O–H groups in total. The number of nitrogens with two attached hydrogens (primary N) is 1. The number of hydrogen-bond donors (Lipinski definition) is 2. The summed E-state index contributed by atoms with van der Waals surface area (Å²) < 4.78 is 36.7. The van der Waals surface area contributed by atoms with Gasteiger partial charge in [0.05, 0.1) is 0 Å². The summed E-state index contributed by atoms with van der Waals surface area (Å²) in [6.07, 6.45) is 4.92. The Morgan fingerprint density at radius 1 is 1.30 bits per heavy atom. The standard InChI is InChI=1S/C14H19F3N2S/c1-2-3-4-9-19-13(10-18)11-5-7-12(8-6-11)20-14(15,16)17/h2-3,5-8,13,19H,4,9-10,18H2,1H3/b3-2+. The van der Waals surface area contributed by atoms with Crippen LogP contribution in [0.5, 0.6) is 0 Å². The maximum Gasteiger partial charge on any atom is 0.446 e. The zero-order valence-electron chi connectivity index (χ0n) is 11.3. The van der Waals surface area contributed by atoms with Crippen molar-refractivity contribution in [3.8, 4) is 0 Å². The van der Waals surface area contributed by atoms with Gasteiger partial charge in [0, 0.05) is 17.5 Å². The number of benzene rings is 1. The van der Waals surface area contributed by atoms with Crippen LogP contribution in [0.2, 0.25) is 0 Å². The van der Waals surface area contributed by atoms with Crippen molar-refractivity contribution in [3.05, 3.63) is 42.0 Å². The lowest BCUT2D eigenvalue weighted by Gasteiger charge is -2.17. The second-order valence-electron chi connectivity index (χ2n) is 4.22. The second-order valence-corrected chi connectivity index (χ2v) is 5.36. The average molecular weight is 304 g/mol. The number of allylic oxidation sites excluding steroid dienone is 1. The minimum Gasteiger partial charge on any atom is -0.329 e. The molecule has 0 fully saturated rings. The van der Waals surface area contributed by atoms with E-state index >= 15 is 0 Å². The van der Waals surface area contributed by atoms with E-state index in [1.165, 1.54) is 12.1 Å². The molecule has 1 rings (SSSR count). The van der Waals surface area contributed by atoms with E-state index < -0.39 is 5.51 Å². The number of rotatable bonds is 7. The summed E-state index contributed by atoms with van der Waals surface area (Å²) in [5.41, 5.74) is 2.35. The van der Waals surface area contributed by atoms with Gasteiger partial charge in [-0.3, -0.25) is 0 Å². The van der Waals surface area contributed by atoms with E-state index in [2.05, 4.69) is 5.32 Å². The van der Waals surface area contributed by atoms with Gasteiger partial charge in [0.1, 0.15) is 0 Å². The van der Waals surface area contributed by atoms with Crippen molar-refractivity contribution in [3.63, 3.8) is 0 Å². The molecular weight excluding hydrogens is 285 g/mol. The molecule has 2 nitrogen and oxygen atoms in total. The van der Waals surface area contributed by atoms with Crippen molar-refractivity contribution in [2.24, 2.45) is 5.73 Å². The summed E-state index contributed by atoms with van der Waals surface area (Å²) >= 11 is -0.108. The molecule has 6 heteroatoms. The summed E-state index contributed by atoms with van der Waals surface area (Å²) in [4.78, 5) is 0.186. The lowest BCUT2D eigenvalue weighted by Crippen LogP contribution is -2.28. The first-order chi connectivity index (χ1) is 9.46. The predicted octanol–water partition coefficient (Wildman–Crippen LogP) is 3.85. The third-order valence-electron chi connectivity index (χ3n) is 2.69. The molecule has 0 saturated heterocycles. The van der Waals surface area contributed by atoms with Crippen LogP contribution in [-0.2, 0) is 0 Å². The summed E-state index contributed by atoms with van der Waals surface area (Å²) in [5, 5.41) is 3.28. The highest BCUT2D eigenvalue weighted by atomic mass is 32.2. The van der Waals surface area contributed by atoms with Gasteiger partial charge in [0.2, 0.25) is 0 Å². The van der Waals surface area contributed by atoms with Crippen LogP contribution >= 0.6 is 11.8 Å². The molecule has 1 atom stereocenters. The molecule has 112 valence electrons. The number of halogens is 3. The highest BCUT2D eigenvalue weighted by Gasteiger charge is 2.29. The molecule has 0 amide bonds. The third-order valence-corrected chi connectivity index (χ3v) is 3.43. The Morgan fingerprint density at radius 2 is 1.95 bits per heavy atom. The van der Waals surface area contributed by atoms with Crippen molar-refractivity contribution in [2.75, 3.05) is 13.1 Å². The van der Waals surface area contributed by atoms with E-state index in [1.54, 1.807) is 12.1 Å². The fourth-order valence-corrected chi connectivity index (χ4v) is 2.29. The zero-order chi connectivity index (χ0) is 15.0. The number of nitrogens with one attached hydrogen (secondary N) is 1. The molecule has 0 aliphatic rings. The Kier molecular flexibility index (Phi) is 7.12. The monoisotopic (exact) mass is 304 g/mol. The molecule has 0 aliphatic carbocycles. The second kappa shape index (κ2) is 8.34. The van der Waals surface area contributed by atoms with Gasteiger partial charge in [0.25, 0.3) is 0 Å². The van der Waals surface area contributed by atoms with Crippen LogP contribution in [0.15, 0.2) is 41.3 Å². The molecule has 0 aromatic heterocycles. The maximum absolute atomic E-state index is 12.2. The van der Waals surface area contributed by atoms with Gasteiger partial charge in [-0.15, -0.1) is 0 Å². The Hall–Kier alpha value is -0.980.